The van der Waals surface area contributed by atoms with Crippen LogP contribution < -0.4 is 11.0 Å². The standard InChI is InChI=1S/C17H15N/c1-17(18)9-13-7-5-11-3-2-4-12-6-8-14(10-17)16(13)15(11)12/h2-9H,10,18H2,1H3. The third kappa shape index (κ3) is 1.25. The van der Waals surface area contributed by atoms with E-state index in [0.717, 1.165) is 6.42 Å². The van der Waals surface area contributed by atoms with Gasteiger partial charge >= 0.3 is 0 Å². The van der Waals surface area contributed by atoms with Gasteiger partial charge in [0.2, 0.25) is 0 Å². The van der Waals surface area contributed by atoms with E-state index in [1.54, 1.807) is 0 Å². The van der Waals surface area contributed by atoms with E-state index >= 15 is 0 Å². The van der Waals surface area contributed by atoms with Crippen molar-refractivity contribution in [3.63, 3.8) is 0 Å². The lowest BCUT2D eigenvalue weighted by Gasteiger charge is -2.26. The Labute approximate surface area is 106 Å². The molecule has 3 aromatic rings. The fourth-order valence-corrected chi connectivity index (χ4v) is 3.27. The summed E-state index contributed by atoms with van der Waals surface area (Å²) in [6.07, 6.45) is 3.13. The summed E-state index contributed by atoms with van der Waals surface area (Å²) < 4.78 is 0. The predicted octanol–water partition coefficient (Wildman–Crippen LogP) is 2.77. The third-order valence-electron chi connectivity index (χ3n) is 3.95. The van der Waals surface area contributed by atoms with Gasteiger partial charge in [0.25, 0.3) is 0 Å². The molecular weight excluding hydrogens is 218 g/mol. The molecule has 1 heteroatoms. The molecule has 0 radical (unpaired) electrons. The Morgan fingerprint density at radius 1 is 0.944 bits per heavy atom. The Bertz CT molecular complexity index is 812. The lowest BCUT2D eigenvalue weighted by molar-refractivity contribution is 0.613. The van der Waals surface area contributed by atoms with Gasteiger partial charge in [0.1, 0.15) is 0 Å². The first kappa shape index (κ1) is 10.1. The van der Waals surface area contributed by atoms with E-state index < -0.39 is 0 Å². The summed E-state index contributed by atoms with van der Waals surface area (Å²) in [6, 6.07) is 15.4. The van der Waals surface area contributed by atoms with Crippen LogP contribution in [0.4, 0.5) is 0 Å². The van der Waals surface area contributed by atoms with Gasteiger partial charge in [-0.1, -0.05) is 48.5 Å². The molecule has 2 N–H and O–H groups in total. The SMILES string of the molecule is CC1(N)C=c2ccc3cccc4ccc(c2c43)C1. The quantitative estimate of drug-likeness (QED) is 0.635. The minimum Gasteiger partial charge on any atom is -0.322 e. The van der Waals surface area contributed by atoms with Gasteiger partial charge in [-0.2, -0.15) is 0 Å². The van der Waals surface area contributed by atoms with Gasteiger partial charge in [0.15, 0.2) is 0 Å². The molecule has 0 bridgehead atoms. The van der Waals surface area contributed by atoms with Crippen molar-refractivity contribution in [2.75, 3.05) is 0 Å². The minimum atomic E-state index is -0.230. The van der Waals surface area contributed by atoms with Crippen LogP contribution in [0.5, 0.6) is 0 Å². The molecule has 0 aliphatic heterocycles. The number of nitrogens with two attached hydrogens (primary N) is 1. The number of rotatable bonds is 0. The minimum absolute atomic E-state index is 0.230. The van der Waals surface area contributed by atoms with Crippen molar-refractivity contribution in [3.8, 4) is 0 Å². The molecule has 1 aliphatic carbocycles. The first-order chi connectivity index (χ1) is 8.64. The molecule has 4 rings (SSSR count). The molecule has 0 amide bonds. The summed E-state index contributed by atoms with van der Waals surface area (Å²) in [5, 5.41) is 6.71. The first-order valence-electron chi connectivity index (χ1n) is 6.39. The van der Waals surface area contributed by atoms with Crippen LogP contribution in [0.25, 0.3) is 27.6 Å². The van der Waals surface area contributed by atoms with Crippen molar-refractivity contribution < 1.29 is 0 Å². The van der Waals surface area contributed by atoms with Crippen LogP contribution in [0.1, 0.15) is 12.5 Å². The molecular formula is C17H15N. The molecule has 1 atom stereocenters. The molecule has 0 saturated carbocycles. The Balaban J connectivity index is 2.34. The van der Waals surface area contributed by atoms with E-state index in [1.165, 1.54) is 32.3 Å². The van der Waals surface area contributed by atoms with Gasteiger partial charge in [-0.15, -0.1) is 0 Å². The van der Waals surface area contributed by atoms with E-state index in [-0.39, 0.29) is 5.54 Å². The van der Waals surface area contributed by atoms with Crippen molar-refractivity contribution in [1.82, 2.24) is 0 Å². The van der Waals surface area contributed by atoms with Crippen LogP contribution in [0, 0.1) is 0 Å². The topological polar surface area (TPSA) is 26.0 Å². The highest BCUT2D eigenvalue weighted by molar-refractivity contribution is 6.11. The van der Waals surface area contributed by atoms with Crippen LogP contribution in [0.2, 0.25) is 0 Å². The summed E-state index contributed by atoms with van der Waals surface area (Å²) in [6.45, 7) is 2.10. The molecule has 1 aliphatic rings. The lowest BCUT2D eigenvalue weighted by atomic mass is 9.83. The molecule has 0 fully saturated rings. The Kier molecular flexibility index (Phi) is 1.75. The maximum absolute atomic E-state index is 6.31. The summed E-state index contributed by atoms with van der Waals surface area (Å²) in [5.74, 6) is 0. The van der Waals surface area contributed by atoms with Gasteiger partial charge in [-0.3, -0.25) is 0 Å². The first-order valence-corrected chi connectivity index (χ1v) is 6.39. The van der Waals surface area contributed by atoms with Crippen molar-refractivity contribution >= 4 is 27.6 Å². The highest BCUT2D eigenvalue weighted by Gasteiger charge is 2.22. The van der Waals surface area contributed by atoms with E-state index in [9.17, 15) is 0 Å². The second-order valence-electron chi connectivity index (χ2n) is 5.66. The highest BCUT2D eigenvalue weighted by Crippen LogP contribution is 2.30. The fourth-order valence-electron chi connectivity index (χ4n) is 3.27. The maximum Gasteiger partial charge on any atom is 0.0360 e. The van der Waals surface area contributed by atoms with Crippen LogP contribution >= 0.6 is 0 Å². The van der Waals surface area contributed by atoms with Crippen molar-refractivity contribution in [2.45, 2.75) is 18.9 Å². The van der Waals surface area contributed by atoms with Crippen LogP contribution in [0.15, 0.2) is 42.5 Å². The van der Waals surface area contributed by atoms with Gasteiger partial charge in [0.05, 0.1) is 0 Å². The average Bonchev–Trinajstić information content (AvgIpc) is 2.34. The van der Waals surface area contributed by atoms with Crippen molar-refractivity contribution in [1.29, 1.82) is 0 Å². The van der Waals surface area contributed by atoms with Gasteiger partial charge < -0.3 is 5.73 Å². The van der Waals surface area contributed by atoms with E-state index in [4.69, 9.17) is 5.73 Å². The van der Waals surface area contributed by atoms with E-state index in [0.29, 0.717) is 0 Å². The van der Waals surface area contributed by atoms with Crippen molar-refractivity contribution in [2.24, 2.45) is 5.73 Å². The van der Waals surface area contributed by atoms with E-state index in [1.807, 2.05) is 0 Å². The predicted molar refractivity (Wildman–Crippen MR) is 77.4 cm³/mol. The van der Waals surface area contributed by atoms with Crippen LogP contribution in [-0.4, -0.2) is 5.54 Å². The second-order valence-corrected chi connectivity index (χ2v) is 5.66. The molecule has 88 valence electrons. The monoisotopic (exact) mass is 233 g/mol. The average molecular weight is 233 g/mol. The fraction of sp³-hybridized carbons (Fsp3) is 0.176. The smallest absolute Gasteiger partial charge is 0.0360 e. The molecule has 0 heterocycles. The highest BCUT2D eigenvalue weighted by atomic mass is 14.7. The Morgan fingerprint density at radius 2 is 1.67 bits per heavy atom. The molecule has 18 heavy (non-hydrogen) atoms. The molecule has 1 nitrogen and oxygen atoms in total. The molecule has 3 aromatic carbocycles. The van der Waals surface area contributed by atoms with Crippen LogP contribution in [0.3, 0.4) is 0 Å². The summed E-state index contributed by atoms with van der Waals surface area (Å²) in [4.78, 5) is 0. The zero-order valence-electron chi connectivity index (χ0n) is 10.4. The second kappa shape index (κ2) is 3.12. The van der Waals surface area contributed by atoms with Crippen LogP contribution in [-0.2, 0) is 6.42 Å². The molecule has 0 spiro atoms. The van der Waals surface area contributed by atoms with Gasteiger partial charge in [0, 0.05) is 5.54 Å². The Hall–Kier alpha value is -1.86. The van der Waals surface area contributed by atoms with Gasteiger partial charge in [-0.05, 0) is 45.7 Å². The molecule has 0 saturated heterocycles. The Morgan fingerprint density at radius 3 is 2.44 bits per heavy atom. The normalized spacial score (nSPS) is 22.3. The molecule has 0 aromatic heterocycles. The number of hydrogen-bond donors (Lipinski definition) is 1. The van der Waals surface area contributed by atoms with E-state index in [2.05, 4.69) is 55.5 Å². The molecule has 1 unspecified atom stereocenters. The zero-order chi connectivity index (χ0) is 12.3. The largest absolute Gasteiger partial charge is 0.322 e. The zero-order valence-corrected chi connectivity index (χ0v) is 10.4. The maximum atomic E-state index is 6.31. The van der Waals surface area contributed by atoms with Gasteiger partial charge in [-0.25, -0.2) is 0 Å². The van der Waals surface area contributed by atoms with Crippen molar-refractivity contribution in [3.05, 3.63) is 53.2 Å². The number of benzene rings is 3. The number of hydrogen-bond acceptors (Lipinski definition) is 1. The summed E-state index contributed by atoms with van der Waals surface area (Å²) >= 11 is 0. The lowest BCUT2D eigenvalue weighted by Crippen LogP contribution is -2.40. The summed E-state index contributed by atoms with van der Waals surface area (Å²) in [5.41, 5.74) is 7.46. The third-order valence-corrected chi connectivity index (χ3v) is 3.95. The summed E-state index contributed by atoms with van der Waals surface area (Å²) in [7, 11) is 0.